The van der Waals surface area contributed by atoms with Gasteiger partial charge in [0.15, 0.2) is 0 Å². The molecule has 6 nitrogen and oxygen atoms in total. The van der Waals surface area contributed by atoms with Crippen molar-refractivity contribution in [3.05, 3.63) is 71.9 Å². The molecule has 2 amide bonds. The Hall–Kier alpha value is -3.59. The highest BCUT2D eigenvalue weighted by atomic mass is 16.2. The number of nitriles is 1. The van der Waals surface area contributed by atoms with E-state index in [2.05, 4.69) is 10.6 Å². The first-order valence-corrected chi connectivity index (χ1v) is 8.03. The molecule has 0 fully saturated rings. The Morgan fingerprint density at radius 1 is 1.04 bits per heavy atom. The van der Waals surface area contributed by atoms with Gasteiger partial charge in [-0.2, -0.15) is 5.26 Å². The molecule has 0 heterocycles. The van der Waals surface area contributed by atoms with Gasteiger partial charge in [0.25, 0.3) is 5.91 Å². The molecule has 0 aromatic heterocycles. The first-order chi connectivity index (χ1) is 12.5. The average molecular weight is 348 g/mol. The maximum Gasteiger partial charge on any atom is 0.267 e. The molecule has 0 bridgehead atoms. The largest absolute Gasteiger partial charge is 0.375 e. The summed E-state index contributed by atoms with van der Waals surface area (Å²) in [5.41, 5.74) is 2.26. The molecule has 132 valence electrons. The van der Waals surface area contributed by atoms with E-state index in [1.54, 1.807) is 36.2 Å². The molecule has 2 aromatic rings. The summed E-state index contributed by atoms with van der Waals surface area (Å²) in [6, 6.07) is 18.4. The van der Waals surface area contributed by atoms with Crippen LogP contribution < -0.4 is 10.6 Å². The van der Waals surface area contributed by atoms with E-state index in [1.807, 2.05) is 36.4 Å². The van der Waals surface area contributed by atoms with Crippen LogP contribution in [-0.2, 0) is 16.1 Å². The Morgan fingerprint density at radius 2 is 1.62 bits per heavy atom. The molecular weight excluding hydrogens is 328 g/mol. The molecule has 0 aliphatic rings. The van der Waals surface area contributed by atoms with Gasteiger partial charge >= 0.3 is 0 Å². The van der Waals surface area contributed by atoms with Gasteiger partial charge < -0.3 is 15.5 Å². The van der Waals surface area contributed by atoms with Crippen molar-refractivity contribution in [3.8, 4) is 6.07 Å². The molecule has 26 heavy (non-hydrogen) atoms. The van der Waals surface area contributed by atoms with E-state index in [0.29, 0.717) is 17.9 Å². The van der Waals surface area contributed by atoms with E-state index in [0.717, 1.165) is 5.56 Å². The predicted molar refractivity (Wildman–Crippen MR) is 101 cm³/mol. The molecule has 0 aliphatic heterocycles. The normalized spacial score (nSPS) is 10.6. The quantitative estimate of drug-likeness (QED) is 0.620. The van der Waals surface area contributed by atoms with Crippen LogP contribution in [-0.4, -0.2) is 23.8 Å². The lowest BCUT2D eigenvalue weighted by Gasteiger charge is -2.15. The summed E-state index contributed by atoms with van der Waals surface area (Å²) in [4.78, 5) is 25.1. The zero-order valence-corrected chi connectivity index (χ0v) is 14.7. The molecule has 6 heteroatoms. The third-order valence-electron chi connectivity index (χ3n) is 3.45. The van der Waals surface area contributed by atoms with Crippen LogP contribution in [0.15, 0.2) is 66.4 Å². The SMILES string of the molecule is CC(=O)Nc1ccc(NC(=O)/C(C#N)=C\N(C)Cc2ccccc2)cc1. The Labute approximate surface area is 152 Å². The van der Waals surface area contributed by atoms with E-state index in [-0.39, 0.29) is 11.5 Å². The van der Waals surface area contributed by atoms with Crippen LogP contribution in [0.2, 0.25) is 0 Å². The van der Waals surface area contributed by atoms with Crippen LogP contribution in [0.1, 0.15) is 12.5 Å². The monoisotopic (exact) mass is 348 g/mol. The van der Waals surface area contributed by atoms with Crippen molar-refractivity contribution in [1.29, 1.82) is 5.26 Å². The third-order valence-corrected chi connectivity index (χ3v) is 3.45. The number of anilines is 2. The van der Waals surface area contributed by atoms with Gasteiger partial charge in [0, 0.05) is 38.1 Å². The fourth-order valence-electron chi connectivity index (χ4n) is 2.31. The van der Waals surface area contributed by atoms with Gasteiger partial charge in [0.05, 0.1) is 0 Å². The van der Waals surface area contributed by atoms with Gasteiger partial charge in [-0.3, -0.25) is 9.59 Å². The van der Waals surface area contributed by atoms with Crippen molar-refractivity contribution in [2.45, 2.75) is 13.5 Å². The van der Waals surface area contributed by atoms with Gasteiger partial charge in [-0.15, -0.1) is 0 Å². The molecule has 2 N–H and O–H groups in total. The number of nitrogens with zero attached hydrogens (tertiary/aromatic N) is 2. The smallest absolute Gasteiger partial charge is 0.267 e. The van der Waals surface area contributed by atoms with Crippen molar-refractivity contribution < 1.29 is 9.59 Å². The minimum atomic E-state index is -0.486. The zero-order valence-electron chi connectivity index (χ0n) is 14.7. The van der Waals surface area contributed by atoms with Crippen LogP contribution in [0.25, 0.3) is 0 Å². The number of hydrogen-bond donors (Lipinski definition) is 2. The molecule has 0 saturated carbocycles. The second-order valence-electron chi connectivity index (χ2n) is 5.77. The second kappa shape index (κ2) is 9.04. The molecule has 0 saturated heterocycles. The summed E-state index contributed by atoms with van der Waals surface area (Å²) in [7, 11) is 1.81. The fourth-order valence-corrected chi connectivity index (χ4v) is 2.31. The third kappa shape index (κ3) is 5.80. The highest BCUT2D eigenvalue weighted by Gasteiger charge is 2.11. The fraction of sp³-hybridized carbons (Fsp3) is 0.150. The van der Waals surface area contributed by atoms with Crippen molar-refractivity contribution in [2.75, 3.05) is 17.7 Å². The summed E-state index contributed by atoms with van der Waals surface area (Å²) in [5.74, 6) is -0.655. The van der Waals surface area contributed by atoms with Crippen LogP contribution in [0.5, 0.6) is 0 Å². The summed E-state index contributed by atoms with van der Waals surface area (Å²) in [6.07, 6.45) is 1.52. The number of carbonyl (C=O) groups excluding carboxylic acids is 2. The van der Waals surface area contributed by atoms with Crippen molar-refractivity contribution in [1.82, 2.24) is 4.90 Å². The number of nitrogens with one attached hydrogen (secondary N) is 2. The van der Waals surface area contributed by atoms with Gasteiger partial charge in [-0.05, 0) is 29.8 Å². The van der Waals surface area contributed by atoms with Crippen LogP contribution in [0.3, 0.4) is 0 Å². The Bertz CT molecular complexity index is 836. The minimum absolute atomic E-state index is 0.00867. The summed E-state index contributed by atoms with van der Waals surface area (Å²) >= 11 is 0. The highest BCUT2D eigenvalue weighted by molar-refractivity contribution is 6.06. The summed E-state index contributed by atoms with van der Waals surface area (Å²) < 4.78 is 0. The van der Waals surface area contributed by atoms with E-state index >= 15 is 0 Å². The van der Waals surface area contributed by atoms with E-state index in [4.69, 9.17) is 0 Å². The van der Waals surface area contributed by atoms with Gasteiger partial charge in [0.1, 0.15) is 11.6 Å². The number of amides is 2. The number of hydrogen-bond acceptors (Lipinski definition) is 4. The topological polar surface area (TPSA) is 85.2 Å². The molecule has 0 aliphatic carbocycles. The lowest BCUT2D eigenvalue weighted by molar-refractivity contribution is -0.114. The van der Waals surface area contributed by atoms with Gasteiger partial charge in [-0.1, -0.05) is 30.3 Å². The first kappa shape index (κ1) is 18.7. The highest BCUT2D eigenvalue weighted by Crippen LogP contribution is 2.14. The molecule has 0 radical (unpaired) electrons. The molecule has 2 rings (SSSR count). The molecule has 0 atom stereocenters. The maximum atomic E-state index is 12.3. The molecule has 0 unspecified atom stereocenters. The summed E-state index contributed by atoms with van der Waals surface area (Å²) in [5, 5.41) is 14.6. The lowest BCUT2D eigenvalue weighted by atomic mass is 10.2. The minimum Gasteiger partial charge on any atom is -0.375 e. The Balaban J connectivity index is 2.01. The van der Waals surface area contributed by atoms with Crippen LogP contribution in [0, 0.1) is 11.3 Å². The predicted octanol–water partition coefficient (Wildman–Crippen LogP) is 3.12. The molecular formula is C20H20N4O2. The Morgan fingerprint density at radius 3 is 2.15 bits per heavy atom. The standard InChI is InChI=1S/C20H20N4O2/c1-15(25)22-18-8-10-19(11-9-18)23-20(26)17(12-21)14-24(2)13-16-6-4-3-5-7-16/h3-11,14H,13H2,1-2H3,(H,22,25)(H,23,26)/b17-14-. The van der Waals surface area contributed by atoms with Crippen LogP contribution >= 0.6 is 0 Å². The van der Waals surface area contributed by atoms with E-state index in [1.165, 1.54) is 13.1 Å². The molecule has 0 spiro atoms. The summed E-state index contributed by atoms with van der Waals surface area (Å²) in [6.45, 7) is 2.01. The number of rotatable bonds is 6. The van der Waals surface area contributed by atoms with Crippen molar-refractivity contribution >= 4 is 23.2 Å². The maximum absolute atomic E-state index is 12.3. The number of carbonyl (C=O) groups is 2. The second-order valence-corrected chi connectivity index (χ2v) is 5.77. The Kier molecular flexibility index (Phi) is 6.52. The number of benzene rings is 2. The van der Waals surface area contributed by atoms with Gasteiger partial charge in [0.2, 0.25) is 5.91 Å². The van der Waals surface area contributed by atoms with Crippen molar-refractivity contribution in [2.24, 2.45) is 0 Å². The zero-order chi connectivity index (χ0) is 18.9. The lowest BCUT2D eigenvalue weighted by Crippen LogP contribution is -2.18. The van der Waals surface area contributed by atoms with E-state index in [9.17, 15) is 14.9 Å². The van der Waals surface area contributed by atoms with Crippen molar-refractivity contribution in [3.63, 3.8) is 0 Å². The first-order valence-electron chi connectivity index (χ1n) is 8.03. The average Bonchev–Trinajstić information content (AvgIpc) is 2.61. The molecule has 2 aromatic carbocycles. The van der Waals surface area contributed by atoms with Gasteiger partial charge in [-0.25, -0.2) is 0 Å². The van der Waals surface area contributed by atoms with Crippen LogP contribution in [0.4, 0.5) is 11.4 Å². The van der Waals surface area contributed by atoms with E-state index < -0.39 is 5.91 Å².